The third kappa shape index (κ3) is 4.05. The maximum Gasteiger partial charge on any atom is 0.274 e. The number of aromatic nitrogens is 2. The van der Waals surface area contributed by atoms with Crippen LogP contribution in [0.2, 0.25) is 0 Å². The summed E-state index contributed by atoms with van der Waals surface area (Å²) in [6.45, 7) is 4.13. The van der Waals surface area contributed by atoms with Crippen molar-refractivity contribution in [1.82, 2.24) is 25.3 Å². The Morgan fingerprint density at radius 2 is 1.89 bits per heavy atom. The summed E-state index contributed by atoms with van der Waals surface area (Å²) in [7, 11) is 0. The van der Waals surface area contributed by atoms with Crippen molar-refractivity contribution in [1.29, 1.82) is 0 Å². The maximum absolute atomic E-state index is 12.9. The van der Waals surface area contributed by atoms with Crippen LogP contribution in [0.3, 0.4) is 0 Å². The van der Waals surface area contributed by atoms with Gasteiger partial charge in [0.2, 0.25) is 5.91 Å². The van der Waals surface area contributed by atoms with Gasteiger partial charge in [0.05, 0.1) is 6.54 Å². The number of H-pyrrole nitrogens is 1. The Morgan fingerprint density at radius 3 is 2.64 bits per heavy atom. The first-order valence-corrected chi connectivity index (χ1v) is 9.44. The average Bonchev–Trinajstić information content (AvgIpc) is 3.14. The van der Waals surface area contributed by atoms with Crippen molar-refractivity contribution in [3.05, 3.63) is 47.0 Å². The van der Waals surface area contributed by atoms with Gasteiger partial charge >= 0.3 is 0 Å². The molecule has 2 amide bonds. The molecule has 1 saturated heterocycles. The highest BCUT2D eigenvalue weighted by Crippen LogP contribution is 2.18. The number of hydrogen-bond acceptors (Lipinski definition) is 5. The molecule has 0 spiro atoms. The summed E-state index contributed by atoms with van der Waals surface area (Å²) < 4.78 is 12.9. The highest BCUT2D eigenvalue weighted by atomic mass is 19.1. The number of carbonyl (C=O) groups is 2. The van der Waals surface area contributed by atoms with Crippen LogP contribution in [0.5, 0.6) is 0 Å². The summed E-state index contributed by atoms with van der Waals surface area (Å²) >= 11 is 0. The minimum Gasteiger partial charge on any atom is -0.335 e. The lowest BCUT2D eigenvalue weighted by molar-refractivity contribution is -0.117. The summed E-state index contributed by atoms with van der Waals surface area (Å²) in [6.07, 6.45) is 0.854. The molecule has 9 heteroatoms. The van der Waals surface area contributed by atoms with Gasteiger partial charge < -0.3 is 15.5 Å². The number of anilines is 1. The second kappa shape index (κ2) is 8.07. The molecule has 2 aromatic rings. The minimum absolute atomic E-state index is 0.0587. The van der Waals surface area contributed by atoms with E-state index < -0.39 is 0 Å². The first-order valence-electron chi connectivity index (χ1n) is 9.44. The van der Waals surface area contributed by atoms with E-state index in [-0.39, 0.29) is 24.2 Å². The third-order valence-electron chi connectivity index (χ3n) is 5.16. The predicted octanol–water partition coefficient (Wildman–Crippen LogP) is 0.591. The number of benzene rings is 1. The van der Waals surface area contributed by atoms with Gasteiger partial charge in [0, 0.05) is 62.6 Å². The predicted molar refractivity (Wildman–Crippen MR) is 101 cm³/mol. The van der Waals surface area contributed by atoms with Gasteiger partial charge in [0.15, 0.2) is 5.69 Å². The zero-order chi connectivity index (χ0) is 19.5. The Kier molecular flexibility index (Phi) is 5.36. The van der Waals surface area contributed by atoms with Gasteiger partial charge in [-0.15, -0.1) is 0 Å². The molecule has 8 nitrogen and oxygen atoms in total. The van der Waals surface area contributed by atoms with Crippen LogP contribution in [0.25, 0.3) is 0 Å². The topological polar surface area (TPSA) is 93.4 Å². The zero-order valence-corrected chi connectivity index (χ0v) is 15.5. The van der Waals surface area contributed by atoms with Crippen LogP contribution in [0, 0.1) is 5.82 Å². The molecule has 0 radical (unpaired) electrons. The van der Waals surface area contributed by atoms with E-state index in [9.17, 15) is 14.0 Å². The van der Waals surface area contributed by atoms with Crippen LogP contribution in [-0.2, 0) is 17.8 Å². The second-order valence-electron chi connectivity index (χ2n) is 7.08. The van der Waals surface area contributed by atoms with E-state index in [1.807, 2.05) is 4.90 Å². The van der Waals surface area contributed by atoms with Crippen molar-refractivity contribution in [3.63, 3.8) is 0 Å². The first kappa shape index (κ1) is 18.6. The number of aromatic amines is 1. The molecule has 0 atom stereocenters. The molecule has 0 aliphatic carbocycles. The highest BCUT2D eigenvalue weighted by Gasteiger charge is 2.28. The van der Waals surface area contributed by atoms with E-state index >= 15 is 0 Å². The van der Waals surface area contributed by atoms with Crippen molar-refractivity contribution in [2.24, 2.45) is 0 Å². The molecule has 4 rings (SSSR count). The lowest BCUT2D eigenvalue weighted by Gasteiger charge is -2.34. The van der Waals surface area contributed by atoms with Crippen LogP contribution >= 0.6 is 0 Å². The van der Waals surface area contributed by atoms with Crippen LogP contribution in [0.15, 0.2) is 24.3 Å². The number of nitrogens with zero attached hydrogens (tertiary/aromatic N) is 3. The molecular weight excluding hydrogens is 363 g/mol. The zero-order valence-electron chi connectivity index (χ0n) is 15.5. The van der Waals surface area contributed by atoms with E-state index in [0.717, 1.165) is 24.2 Å². The van der Waals surface area contributed by atoms with Gasteiger partial charge in [-0.3, -0.25) is 19.6 Å². The number of halogens is 1. The number of nitrogens with one attached hydrogen (secondary N) is 3. The lowest BCUT2D eigenvalue weighted by Crippen LogP contribution is -2.50. The first-order chi connectivity index (χ1) is 13.6. The highest BCUT2D eigenvalue weighted by molar-refractivity contribution is 5.94. The summed E-state index contributed by atoms with van der Waals surface area (Å²) in [5, 5.41) is 13.2. The number of rotatable bonds is 4. The molecule has 3 N–H and O–H groups in total. The maximum atomic E-state index is 12.9. The van der Waals surface area contributed by atoms with E-state index in [2.05, 4.69) is 20.8 Å². The summed E-state index contributed by atoms with van der Waals surface area (Å²) in [4.78, 5) is 28.8. The van der Waals surface area contributed by atoms with E-state index in [1.165, 1.54) is 24.3 Å². The fourth-order valence-corrected chi connectivity index (χ4v) is 3.60. The number of fused-ring (bicyclic) bond motifs is 1. The van der Waals surface area contributed by atoms with Crippen LogP contribution < -0.4 is 10.6 Å². The van der Waals surface area contributed by atoms with Gasteiger partial charge in [0.1, 0.15) is 5.82 Å². The monoisotopic (exact) mass is 386 g/mol. The van der Waals surface area contributed by atoms with E-state index in [4.69, 9.17) is 0 Å². The number of piperazine rings is 1. The summed E-state index contributed by atoms with van der Waals surface area (Å²) in [5.74, 6) is -0.553. The fourth-order valence-electron chi connectivity index (χ4n) is 3.60. The minimum atomic E-state index is -0.340. The van der Waals surface area contributed by atoms with Crippen molar-refractivity contribution < 1.29 is 14.0 Å². The molecule has 28 heavy (non-hydrogen) atoms. The molecule has 3 heterocycles. The van der Waals surface area contributed by atoms with E-state index in [1.54, 1.807) is 4.90 Å². The smallest absolute Gasteiger partial charge is 0.274 e. The Labute approximate surface area is 162 Å². The van der Waals surface area contributed by atoms with E-state index in [0.29, 0.717) is 44.1 Å². The van der Waals surface area contributed by atoms with Crippen molar-refractivity contribution >= 4 is 17.5 Å². The molecule has 2 aliphatic rings. The molecular formula is C19H23FN6O2. The summed E-state index contributed by atoms with van der Waals surface area (Å²) in [5.41, 5.74) is 3.08. The Bertz CT molecular complexity index is 858. The fraction of sp³-hybridized carbons (Fsp3) is 0.421. The van der Waals surface area contributed by atoms with Crippen molar-refractivity contribution in [2.45, 2.75) is 13.0 Å². The van der Waals surface area contributed by atoms with Gasteiger partial charge in [-0.1, -0.05) is 0 Å². The lowest BCUT2D eigenvalue weighted by atomic mass is 10.1. The molecule has 0 bridgehead atoms. The van der Waals surface area contributed by atoms with Gasteiger partial charge in [-0.05, 0) is 24.3 Å². The second-order valence-corrected chi connectivity index (χ2v) is 7.08. The van der Waals surface area contributed by atoms with Gasteiger partial charge in [-0.2, -0.15) is 5.10 Å². The van der Waals surface area contributed by atoms with Crippen LogP contribution in [0.4, 0.5) is 10.1 Å². The quantitative estimate of drug-likeness (QED) is 0.715. The standard InChI is InChI=1S/C19H23FN6O2/c20-13-1-3-14(4-2-13)22-17(27)12-25-7-9-26(10-8-25)19(28)18-15-11-21-6-5-16(15)23-24-18/h1-4,21H,5-12H2,(H,22,27)(H,23,24). The Morgan fingerprint density at radius 1 is 1.14 bits per heavy atom. The average molecular weight is 386 g/mol. The van der Waals surface area contributed by atoms with Crippen LogP contribution in [-0.4, -0.2) is 71.1 Å². The number of carbonyl (C=O) groups excluding carboxylic acids is 2. The van der Waals surface area contributed by atoms with Crippen LogP contribution in [0.1, 0.15) is 21.7 Å². The molecule has 1 fully saturated rings. The number of hydrogen-bond donors (Lipinski definition) is 3. The summed E-state index contributed by atoms with van der Waals surface area (Å²) in [6, 6.07) is 5.68. The molecule has 2 aliphatic heterocycles. The van der Waals surface area contributed by atoms with Gasteiger partial charge in [-0.25, -0.2) is 4.39 Å². The largest absolute Gasteiger partial charge is 0.335 e. The van der Waals surface area contributed by atoms with Gasteiger partial charge in [0.25, 0.3) is 5.91 Å². The SMILES string of the molecule is O=C(CN1CCN(C(=O)c2n[nH]c3c2CNCC3)CC1)Nc1ccc(F)cc1. The molecule has 148 valence electrons. The molecule has 0 saturated carbocycles. The number of amides is 2. The van der Waals surface area contributed by atoms with Crippen molar-refractivity contribution in [2.75, 3.05) is 44.6 Å². The Hall–Kier alpha value is -2.78. The molecule has 1 aromatic carbocycles. The molecule has 1 aromatic heterocycles. The Balaban J connectivity index is 1.28. The normalized spacial score (nSPS) is 17.2. The van der Waals surface area contributed by atoms with Crippen molar-refractivity contribution in [3.8, 4) is 0 Å². The third-order valence-corrected chi connectivity index (χ3v) is 5.16. The molecule has 0 unspecified atom stereocenters.